The fourth-order valence-electron chi connectivity index (χ4n) is 2.13. The van der Waals surface area contributed by atoms with Gasteiger partial charge in [0.25, 0.3) is 0 Å². The van der Waals surface area contributed by atoms with Gasteiger partial charge in [-0.3, -0.25) is 15.1 Å². The lowest BCUT2D eigenvalue weighted by Gasteiger charge is -2.10. The van der Waals surface area contributed by atoms with Crippen LogP contribution in [0.15, 0.2) is 59.6 Å². The van der Waals surface area contributed by atoms with E-state index in [0.717, 1.165) is 10.0 Å². The Bertz CT molecular complexity index is 874. The number of pyridine rings is 1. The zero-order valence-corrected chi connectivity index (χ0v) is 14.5. The molecule has 0 spiro atoms. The second-order valence-electron chi connectivity index (χ2n) is 5.02. The largest absolute Gasteiger partial charge is 0.360 e. The molecule has 2 N–H and O–H groups in total. The number of benzene rings is 1. The normalized spacial score (nSPS) is 10.3. The molecule has 3 aromatic rings. The van der Waals surface area contributed by atoms with Crippen LogP contribution in [-0.2, 0) is 6.54 Å². The average Bonchev–Trinajstić information content (AvgIpc) is 2.62. The molecule has 0 bridgehead atoms. The Morgan fingerprint density at radius 1 is 1.12 bits per heavy atom. The summed E-state index contributed by atoms with van der Waals surface area (Å²) in [6.45, 7) is 0.365. The molecule has 0 radical (unpaired) electrons. The van der Waals surface area contributed by atoms with Crippen molar-refractivity contribution in [3.05, 3.63) is 75.3 Å². The van der Waals surface area contributed by atoms with Crippen LogP contribution in [0.2, 0.25) is 0 Å². The molecule has 126 valence electrons. The van der Waals surface area contributed by atoms with E-state index in [1.165, 1.54) is 6.33 Å². The summed E-state index contributed by atoms with van der Waals surface area (Å²) in [6.07, 6.45) is 4.62. The maximum Gasteiger partial charge on any atom is 0.353 e. The van der Waals surface area contributed by atoms with E-state index in [0.29, 0.717) is 12.2 Å². The third-order valence-corrected chi connectivity index (χ3v) is 3.82. The van der Waals surface area contributed by atoms with E-state index in [1.54, 1.807) is 30.6 Å². The molecule has 0 amide bonds. The molecule has 2 heterocycles. The van der Waals surface area contributed by atoms with E-state index in [1.807, 2.05) is 18.2 Å². The van der Waals surface area contributed by atoms with Crippen molar-refractivity contribution in [2.75, 3.05) is 10.6 Å². The van der Waals surface area contributed by atoms with E-state index >= 15 is 0 Å². The molecule has 9 heteroatoms. The van der Waals surface area contributed by atoms with Crippen molar-refractivity contribution in [3.8, 4) is 0 Å². The summed E-state index contributed by atoms with van der Waals surface area (Å²) in [5.41, 5.74) is 1.36. The molecule has 0 fully saturated rings. The molecule has 0 aliphatic carbocycles. The van der Waals surface area contributed by atoms with Crippen molar-refractivity contribution < 1.29 is 4.92 Å². The number of hydrogen-bond donors (Lipinski definition) is 2. The Morgan fingerprint density at radius 3 is 2.56 bits per heavy atom. The van der Waals surface area contributed by atoms with Crippen LogP contribution in [0.5, 0.6) is 0 Å². The number of anilines is 3. The van der Waals surface area contributed by atoms with Crippen LogP contribution in [0.25, 0.3) is 0 Å². The predicted octanol–water partition coefficient (Wildman–Crippen LogP) is 3.90. The molecule has 25 heavy (non-hydrogen) atoms. The maximum atomic E-state index is 11.5. The Hall–Kier alpha value is -3.07. The number of halogens is 1. The number of aromatic nitrogens is 3. The molecular weight excluding hydrogens is 388 g/mol. The van der Waals surface area contributed by atoms with E-state index in [4.69, 9.17) is 0 Å². The molecule has 1 aromatic carbocycles. The molecule has 8 nitrogen and oxygen atoms in total. The van der Waals surface area contributed by atoms with Crippen molar-refractivity contribution >= 4 is 38.9 Å². The highest BCUT2D eigenvalue weighted by Crippen LogP contribution is 2.31. The van der Waals surface area contributed by atoms with Crippen LogP contribution in [0.4, 0.5) is 23.0 Å². The zero-order chi connectivity index (χ0) is 17.6. The lowest BCUT2D eigenvalue weighted by molar-refractivity contribution is -0.383. The number of nitrogens with one attached hydrogen (secondary N) is 2. The summed E-state index contributed by atoms with van der Waals surface area (Å²) >= 11 is 3.35. The zero-order valence-electron chi connectivity index (χ0n) is 12.9. The molecule has 2 aromatic heterocycles. The molecule has 0 aliphatic heterocycles. The van der Waals surface area contributed by atoms with Crippen molar-refractivity contribution in [2.24, 2.45) is 0 Å². The topological polar surface area (TPSA) is 106 Å². The minimum Gasteiger partial charge on any atom is -0.360 e. The van der Waals surface area contributed by atoms with Gasteiger partial charge >= 0.3 is 5.69 Å². The maximum absolute atomic E-state index is 11.5. The minimum absolute atomic E-state index is 0.121. The Labute approximate surface area is 151 Å². The quantitative estimate of drug-likeness (QED) is 0.477. The SMILES string of the molecule is O=[N+]([O-])c1c(NCc2cccnc2)ncnc1Nc1ccc(Br)cc1. The van der Waals surface area contributed by atoms with Gasteiger partial charge in [0.1, 0.15) is 6.33 Å². The van der Waals surface area contributed by atoms with Gasteiger partial charge in [0.15, 0.2) is 0 Å². The van der Waals surface area contributed by atoms with Gasteiger partial charge in [0.2, 0.25) is 11.6 Å². The van der Waals surface area contributed by atoms with Crippen LogP contribution >= 0.6 is 15.9 Å². The summed E-state index contributed by atoms with van der Waals surface area (Å²) in [5, 5.41) is 17.4. The number of nitro groups is 1. The summed E-state index contributed by atoms with van der Waals surface area (Å²) in [7, 11) is 0. The Balaban J connectivity index is 1.86. The monoisotopic (exact) mass is 400 g/mol. The van der Waals surface area contributed by atoms with Crippen molar-refractivity contribution in [2.45, 2.75) is 6.54 Å². The van der Waals surface area contributed by atoms with Gasteiger partial charge in [-0.05, 0) is 35.9 Å². The van der Waals surface area contributed by atoms with Gasteiger partial charge in [-0.1, -0.05) is 22.0 Å². The fourth-order valence-corrected chi connectivity index (χ4v) is 2.40. The second kappa shape index (κ2) is 7.67. The third kappa shape index (κ3) is 4.27. The van der Waals surface area contributed by atoms with Gasteiger partial charge in [-0.15, -0.1) is 0 Å². The van der Waals surface area contributed by atoms with Crippen LogP contribution in [-0.4, -0.2) is 19.9 Å². The lowest BCUT2D eigenvalue weighted by atomic mass is 10.3. The van der Waals surface area contributed by atoms with Crippen LogP contribution in [0.1, 0.15) is 5.56 Å². The third-order valence-electron chi connectivity index (χ3n) is 3.29. The second-order valence-corrected chi connectivity index (χ2v) is 5.94. The summed E-state index contributed by atoms with van der Waals surface area (Å²) in [6, 6.07) is 10.9. The van der Waals surface area contributed by atoms with E-state index < -0.39 is 4.92 Å². The van der Waals surface area contributed by atoms with Gasteiger partial charge < -0.3 is 10.6 Å². The molecule has 0 atom stereocenters. The molecule has 0 unspecified atom stereocenters. The molecule has 0 aliphatic rings. The lowest BCUT2D eigenvalue weighted by Crippen LogP contribution is -2.08. The number of nitrogens with zero attached hydrogens (tertiary/aromatic N) is 4. The summed E-state index contributed by atoms with van der Waals surface area (Å²) in [4.78, 5) is 23.0. The van der Waals surface area contributed by atoms with Gasteiger partial charge in [-0.2, -0.15) is 0 Å². The number of hydrogen-bond acceptors (Lipinski definition) is 7. The highest BCUT2D eigenvalue weighted by atomic mass is 79.9. The molecule has 0 saturated heterocycles. The first kappa shape index (κ1) is 16.8. The molecule has 0 saturated carbocycles. The van der Waals surface area contributed by atoms with Gasteiger partial charge in [-0.25, -0.2) is 9.97 Å². The Morgan fingerprint density at radius 2 is 1.88 bits per heavy atom. The van der Waals surface area contributed by atoms with Crippen molar-refractivity contribution in [3.63, 3.8) is 0 Å². The first-order chi connectivity index (χ1) is 12.1. The van der Waals surface area contributed by atoms with E-state index in [-0.39, 0.29) is 17.3 Å². The molecule has 3 rings (SSSR count). The Kier molecular flexibility index (Phi) is 5.14. The summed E-state index contributed by atoms with van der Waals surface area (Å²) < 4.78 is 0.911. The van der Waals surface area contributed by atoms with Gasteiger partial charge in [0, 0.05) is 29.1 Å². The highest BCUT2D eigenvalue weighted by Gasteiger charge is 2.23. The average molecular weight is 401 g/mol. The van der Waals surface area contributed by atoms with Crippen molar-refractivity contribution in [1.29, 1.82) is 0 Å². The molecular formula is C16H13BrN6O2. The minimum atomic E-state index is -0.507. The van der Waals surface area contributed by atoms with Gasteiger partial charge in [0.05, 0.1) is 4.92 Å². The van der Waals surface area contributed by atoms with E-state index in [2.05, 4.69) is 41.5 Å². The van der Waals surface area contributed by atoms with E-state index in [9.17, 15) is 10.1 Å². The van der Waals surface area contributed by atoms with Crippen molar-refractivity contribution in [1.82, 2.24) is 15.0 Å². The van der Waals surface area contributed by atoms with Crippen LogP contribution in [0.3, 0.4) is 0 Å². The van der Waals surface area contributed by atoms with Crippen LogP contribution < -0.4 is 10.6 Å². The number of rotatable bonds is 6. The van der Waals surface area contributed by atoms with Crippen LogP contribution in [0, 0.1) is 10.1 Å². The standard InChI is InChI=1S/C16H13BrN6O2/c17-12-3-5-13(6-4-12)22-16-14(23(24)25)15(20-10-21-16)19-9-11-2-1-7-18-8-11/h1-8,10H,9H2,(H2,19,20,21,22). The smallest absolute Gasteiger partial charge is 0.353 e. The fraction of sp³-hybridized carbons (Fsp3) is 0.0625. The highest BCUT2D eigenvalue weighted by molar-refractivity contribution is 9.10. The summed E-state index contributed by atoms with van der Waals surface area (Å²) in [5.74, 6) is 0.263. The first-order valence-corrected chi connectivity index (χ1v) is 8.07. The predicted molar refractivity (Wildman–Crippen MR) is 97.7 cm³/mol. The first-order valence-electron chi connectivity index (χ1n) is 7.28.